The third-order valence-electron chi connectivity index (χ3n) is 10.9. The Kier molecular flexibility index (Phi) is 6.29. The topological polar surface area (TPSA) is 72.8 Å². The molecule has 0 aromatic carbocycles. The number of carboxylic acid groups (broad SMARTS) is 1. The van der Waals surface area contributed by atoms with Crippen LogP contribution in [-0.4, -0.2) is 42.8 Å². The minimum absolute atomic E-state index is 0.0266. The SMILES string of the molecule is CCCCCOCC1CCC(C23C[C@@H]4[C@H](C)CC[C@H]4C4(C=O)CC2C=C(C(C)C)C34C(=O)O)O1. The number of allylic oxidation sites excluding steroid dienone is 1. The van der Waals surface area contributed by atoms with Gasteiger partial charge in [-0.2, -0.15) is 0 Å². The van der Waals surface area contributed by atoms with Crippen LogP contribution >= 0.6 is 0 Å². The molecule has 1 saturated heterocycles. The van der Waals surface area contributed by atoms with Gasteiger partial charge in [0.15, 0.2) is 0 Å². The minimum Gasteiger partial charge on any atom is -0.481 e. The normalized spacial score (nSPS) is 46.7. The molecule has 190 valence electrons. The van der Waals surface area contributed by atoms with Gasteiger partial charge in [-0.25, -0.2) is 0 Å². The minimum atomic E-state index is -1.13. The second-order valence-corrected chi connectivity index (χ2v) is 12.5. The van der Waals surface area contributed by atoms with Crippen molar-refractivity contribution in [2.45, 2.75) is 97.7 Å². The summed E-state index contributed by atoms with van der Waals surface area (Å²) in [5.74, 6) is 0.563. The molecule has 4 fully saturated rings. The number of aldehydes is 1. The molecular formula is C29H44O5. The highest BCUT2D eigenvalue weighted by molar-refractivity contribution is 5.90. The summed E-state index contributed by atoms with van der Waals surface area (Å²) in [6.45, 7) is 10.1. The van der Waals surface area contributed by atoms with Gasteiger partial charge < -0.3 is 19.4 Å². The Balaban J connectivity index is 1.52. The Hall–Kier alpha value is -1.20. The molecule has 5 nitrogen and oxygen atoms in total. The number of hydrogen-bond acceptors (Lipinski definition) is 4. The van der Waals surface area contributed by atoms with Crippen LogP contribution in [0.4, 0.5) is 0 Å². The zero-order valence-corrected chi connectivity index (χ0v) is 21.6. The number of fused-ring (bicyclic) bond motifs is 2. The first-order chi connectivity index (χ1) is 16.3. The van der Waals surface area contributed by atoms with Gasteiger partial charge in [-0.1, -0.05) is 58.6 Å². The first-order valence-corrected chi connectivity index (χ1v) is 13.9. The van der Waals surface area contributed by atoms with Crippen LogP contribution in [0, 0.1) is 45.8 Å². The van der Waals surface area contributed by atoms with E-state index in [9.17, 15) is 14.7 Å². The highest BCUT2D eigenvalue weighted by Gasteiger charge is 2.86. The molecule has 4 aliphatic carbocycles. The van der Waals surface area contributed by atoms with Crippen LogP contribution in [0.1, 0.15) is 85.5 Å². The fourth-order valence-corrected chi connectivity index (χ4v) is 9.73. The predicted molar refractivity (Wildman–Crippen MR) is 130 cm³/mol. The number of hydrogen-bond donors (Lipinski definition) is 1. The van der Waals surface area contributed by atoms with Crippen molar-refractivity contribution in [1.29, 1.82) is 0 Å². The first-order valence-electron chi connectivity index (χ1n) is 13.9. The van der Waals surface area contributed by atoms with Gasteiger partial charge in [0.05, 0.1) is 24.2 Å². The molecule has 5 aliphatic rings. The highest BCUT2D eigenvalue weighted by atomic mass is 16.5. The van der Waals surface area contributed by atoms with Gasteiger partial charge >= 0.3 is 5.97 Å². The molecule has 0 amide bonds. The molecule has 0 aromatic heterocycles. The quantitative estimate of drug-likeness (QED) is 0.252. The van der Waals surface area contributed by atoms with Crippen molar-refractivity contribution in [3.8, 4) is 0 Å². The summed E-state index contributed by atoms with van der Waals surface area (Å²) in [5, 5.41) is 11.1. The van der Waals surface area contributed by atoms with Gasteiger partial charge in [0.1, 0.15) is 11.7 Å². The fraction of sp³-hybridized carbons (Fsp3) is 0.862. The number of rotatable bonds is 10. The van der Waals surface area contributed by atoms with E-state index in [0.717, 1.165) is 57.0 Å². The van der Waals surface area contributed by atoms with E-state index in [1.54, 1.807) is 0 Å². The third-order valence-corrected chi connectivity index (χ3v) is 10.9. The van der Waals surface area contributed by atoms with E-state index in [4.69, 9.17) is 9.47 Å². The Labute approximate surface area is 205 Å². The lowest BCUT2D eigenvalue weighted by molar-refractivity contribution is -0.198. The van der Waals surface area contributed by atoms with Gasteiger partial charge in [0.25, 0.3) is 0 Å². The van der Waals surface area contributed by atoms with Crippen LogP contribution in [0.5, 0.6) is 0 Å². The summed E-state index contributed by atoms with van der Waals surface area (Å²) in [7, 11) is 0. The summed E-state index contributed by atoms with van der Waals surface area (Å²) in [4.78, 5) is 26.7. The Morgan fingerprint density at radius 3 is 2.71 bits per heavy atom. The smallest absolute Gasteiger partial charge is 0.315 e. The average Bonchev–Trinajstić information content (AvgIpc) is 3.53. The molecule has 3 saturated carbocycles. The van der Waals surface area contributed by atoms with E-state index < -0.39 is 22.2 Å². The van der Waals surface area contributed by atoms with Gasteiger partial charge in [-0.3, -0.25) is 4.79 Å². The second kappa shape index (κ2) is 8.73. The molecule has 6 unspecified atom stereocenters. The van der Waals surface area contributed by atoms with Crippen LogP contribution in [0.2, 0.25) is 0 Å². The fourth-order valence-electron chi connectivity index (χ4n) is 9.73. The molecule has 34 heavy (non-hydrogen) atoms. The van der Waals surface area contributed by atoms with Crippen molar-refractivity contribution >= 4 is 12.3 Å². The molecule has 4 bridgehead atoms. The number of carbonyl (C=O) groups excluding carboxylic acids is 1. The molecule has 1 N–H and O–H groups in total. The van der Waals surface area contributed by atoms with Crippen molar-refractivity contribution in [2.24, 2.45) is 45.8 Å². The molecular weight excluding hydrogens is 428 g/mol. The number of unbranched alkanes of at least 4 members (excludes halogenated alkanes) is 2. The molecule has 0 spiro atoms. The van der Waals surface area contributed by atoms with Crippen LogP contribution in [0.15, 0.2) is 11.6 Å². The summed E-state index contributed by atoms with van der Waals surface area (Å²) >= 11 is 0. The largest absolute Gasteiger partial charge is 0.481 e. The number of aliphatic carboxylic acids is 1. The molecule has 0 aromatic rings. The van der Waals surface area contributed by atoms with Gasteiger partial charge in [-0.15, -0.1) is 0 Å². The van der Waals surface area contributed by atoms with Crippen LogP contribution < -0.4 is 0 Å². The Morgan fingerprint density at radius 1 is 1.24 bits per heavy atom. The maximum Gasteiger partial charge on any atom is 0.315 e. The van der Waals surface area contributed by atoms with E-state index >= 15 is 0 Å². The molecule has 5 rings (SSSR count). The molecule has 5 heteroatoms. The number of carbonyl (C=O) groups is 2. The van der Waals surface area contributed by atoms with E-state index in [2.05, 4.69) is 33.8 Å². The van der Waals surface area contributed by atoms with E-state index in [-0.39, 0.29) is 30.0 Å². The lowest BCUT2D eigenvalue weighted by atomic mass is 9.41. The molecule has 0 radical (unpaired) electrons. The lowest BCUT2D eigenvalue weighted by Crippen LogP contribution is -2.65. The van der Waals surface area contributed by atoms with Crippen LogP contribution in [0.25, 0.3) is 0 Å². The van der Waals surface area contributed by atoms with Crippen molar-refractivity contribution in [2.75, 3.05) is 13.2 Å². The summed E-state index contributed by atoms with van der Waals surface area (Å²) in [6.07, 6.45) is 12.2. The zero-order chi connectivity index (χ0) is 24.3. The van der Waals surface area contributed by atoms with Gasteiger partial charge in [-0.05, 0) is 68.1 Å². The molecule has 1 heterocycles. The lowest BCUT2D eigenvalue weighted by Gasteiger charge is -2.60. The molecule has 9 atom stereocenters. The summed E-state index contributed by atoms with van der Waals surface area (Å²) < 4.78 is 12.7. The Bertz CT molecular complexity index is 849. The van der Waals surface area contributed by atoms with Crippen molar-refractivity contribution in [1.82, 2.24) is 0 Å². The zero-order valence-electron chi connectivity index (χ0n) is 21.6. The standard InChI is InChI=1S/C29H44O5/c1-5-6-7-12-33-16-21-9-11-25(34-21)28-15-22-19(4)8-10-23(22)27(17-30)14-20(28)13-24(18(2)3)29(27,28)26(31)32/h13,17-23,25H,5-12,14-16H2,1-4H3,(H,31,32)/t19-,20?,21?,22-,23-,25?,27?,28?,29?/m1/s1. The average molecular weight is 473 g/mol. The van der Waals surface area contributed by atoms with Crippen LogP contribution in [0.3, 0.4) is 0 Å². The molecule has 1 aliphatic heterocycles. The van der Waals surface area contributed by atoms with E-state index in [1.807, 2.05) is 0 Å². The number of ether oxygens (including phenoxy) is 2. The van der Waals surface area contributed by atoms with Crippen molar-refractivity contribution in [3.63, 3.8) is 0 Å². The van der Waals surface area contributed by atoms with Crippen molar-refractivity contribution in [3.05, 3.63) is 11.6 Å². The summed E-state index contributed by atoms with van der Waals surface area (Å²) in [5.41, 5.74) is -1.45. The predicted octanol–water partition coefficient (Wildman–Crippen LogP) is 5.67. The number of carboxylic acids is 1. The van der Waals surface area contributed by atoms with Crippen molar-refractivity contribution < 1.29 is 24.2 Å². The summed E-state index contributed by atoms with van der Waals surface area (Å²) in [6, 6.07) is 0. The Morgan fingerprint density at radius 2 is 2.03 bits per heavy atom. The highest BCUT2D eigenvalue weighted by Crippen LogP contribution is 2.84. The maximum atomic E-state index is 13.6. The first kappa shape index (κ1) is 24.5. The maximum absolute atomic E-state index is 13.6. The van der Waals surface area contributed by atoms with E-state index in [1.165, 1.54) is 12.8 Å². The second-order valence-electron chi connectivity index (χ2n) is 12.5. The van der Waals surface area contributed by atoms with Gasteiger partial charge in [0.2, 0.25) is 0 Å². The third kappa shape index (κ3) is 2.92. The monoisotopic (exact) mass is 472 g/mol. The van der Waals surface area contributed by atoms with Gasteiger partial charge in [0, 0.05) is 12.0 Å². The van der Waals surface area contributed by atoms with E-state index in [0.29, 0.717) is 24.9 Å². The van der Waals surface area contributed by atoms with Crippen LogP contribution in [-0.2, 0) is 19.1 Å².